The number of hydrogen-bond acceptors (Lipinski definition) is 7. The Morgan fingerprint density at radius 2 is 1.69 bits per heavy atom. The van der Waals surface area contributed by atoms with E-state index in [1.165, 1.54) is 16.2 Å². The van der Waals surface area contributed by atoms with E-state index in [2.05, 4.69) is 0 Å². The van der Waals surface area contributed by atoms with Crippen LogP contribution in [0.5, 0.6) is 0 Å². The van der Waals surface area contributed by atoms with Crippen molar-refractivity contribution in [3.8, 4) is 11.1 Å². The number of nitrogen functional groups attached to an aromatic ring is 1. The van der Waals surface area contributed by atoms with E-state index in [0.717, 1.165) is 16.0 Å². The molecular formula is C26H30N4O3S2. The van der Waals surface area contributed by atoms with E-state index < -0.39 is 26.0 Å². The number of guanidine groups is 1. The summed E-state index contributed by atoms with van der Waals surface area (Å²) in [5, 5.41) is 2.01. The maximum absolute atomic E-state index is 13.5. The van der Waals surface area contributed by atoms with E-state index in [-0.39, 0.29) is 16.8 Å². The summed E-state index contributed by atoms with van der Waals surface area (Å²) < 4.78 is 24.8. The van der Waals surface area contributed by atoms with Gasteiger partial charge in [-0.15, -0.1) is 11.3 Å². The van der Waals surface area contributed by atoms with Gasteiger partial charge in [-0.05, 0) is 80.1 Å². The molecule has 0 saturated carbocycles. The summed E-state index contributed by atoms with van der Waals surface area (Å²) in [5.41, 5.74) is 14.4. The minimum absolute atomic E-state index is 0.139. The van der Waals surface area contributed by atoms with Gasteiger partial charge in [-0.2, -0.15) is 0 Å². The first-order valence-electron chi connectivity index (χ1n) is 11.2. The number of likely N-dealkylation sites (N-methyl/N-ethyl adjacent to an activating group) is 1. The molecule has 0 unspecified atom stereocenters. The number of rotatable bonds is 4. The fraction of sp³-hybridized carbons (Fsp3) is 0.308. The summed E-state index contributed by atoms with van der Waals surface area (Å²) in [7, 11) is -1.92. The zero-order chi connectivity index (χ0) is 25.8. The lowest BCUT2D eigenvalue weighted by atomic mass is 9.77. The maximum atomic E-state index is 13.5. The van der Waals surface area contributed by atoms with Crippen molar-refractivity contribution in [2.75, 3.05) is 12.8 Å². The Hall–Kier alpha value is -3.17. The van der Waals surface area contributed by atoms with Crippen molar-refractivity contribution >= 4 is 38.7 Å². The lowest BCUT2D eigenvalue weighted by molar-refractivity contribution is -0.130. The molecule has 2 heterocycles. The molecule has 0 radical (unpaired) electrons. The largest absolute Gasteiger partial charge is 0.399 e. The molecule has 2 atom stereocenters. The third-order valence-corrected chi connectivity index (χ3v) is 10.1. The Balaban J connectivity index is 1.81. The van der Waals surface area contributed by atoms with Crippen molar-refractivity contribution in [3.05, 3.63) is 70.4 Å². The number of benzene rings is 2. The number of nitrogens with zero attached hydrogens (tertiary/aromatic N) is 2. The normalized spacial score (nSPS) is 21.2. The smallest absolute Gasteiger partial charge is 0.239 e. The first-order valence-corrected chi connectivity index (χ1v) is 13.5. The van der Waals surface area contributed by atoms with Crippen LogP contribution < -0.4 is 11.5 Å². The fourth-order valence-corrected chi connectivity index (χ4v) is 6.51. The second-order valence-electron chi connectivity index (χ2n) is 9.96. The summed E-state index contributed by atoms with van der Waals surface area (Å²) in [5.74, 6) is -0.747. The van der Waals surface area contributed by atoms with E-state index in [9.17, 15) is 13.2 Å². The molecule has 0 spiro atoms. The summed E-state index contributed by atoms with van der Waals surface area (Å²) in [6.07, 6.45) is 0. The topological polar surface area (TPSA) is 119 Å². The molecular weight excluding hydrogens is 480 g/mol. The minimum atomic E-state index is -3.52. The van der Waals surface area contributed by atoms with Gasteiger partial charge in [0.2, 0.25) is 5.91 Å². The van der Waals surface area contributed by atoms with Crippen LogP contribution >= 0.6 is 11.3 Å². The number of anilines is 1. The van der Waals surface area contributed by atoms with Crippen LogP contribution in [0.25, 0.3) is 11.1 Å². The van der Waals surface area contributed by atoms with Gasteiger partial charge < -0.3 is 11.5 Å². The van der Waals surface area contributed by atoms with E-state index in [1.807, 2.05) is 42.6 Å². The maximum Gasteiger partial charge on any atom is 0.239 e. The van der Waals surface area contributed by atoms with Crippen molar-refractivity contribution in [2.24, 2.45) is 10.7 Å². The summed E-state index contributed by atoms with van der Waals surface area (Å²) in [4.78, 5) is 20.7. The molecule has 0 aliphatic carbocycles. The van der Waals surface area contributed by atoms with Crippen LogP contribution in [0.4, 0.5) is 5.69 Å². The summed E-state index contributed by atoms with van der Waals surface area (Å²) in [6, 6.07) is 16.2. The first-order chi connectivity index (χ1) is 16.3. The molecule has 4 N–H and O–H groups in total. The van der Waals surface area contributed by atoms with Crippen LogP contribution in [-0.2, 0) is 20.2 Å². The SMILES string of the molecule is CN1C(=O)[C@H](c2ccc(S(=O)(=O)C(C)(C)C)cc2)[C@@](C)(c2cc(-c3cccc(N)c3)cs2)N=C1N. The van der Waals surface area contributed by atoms with Crippen LogP contribution in [0.1, 0.15) is 44.1 Å². The predicted octanol–water partition coefficient (Wildman–Crippen LogP) is 4.36. The number of sulfone groups is 1. The van der Waals surface area contributed by atoms with Crippen molar-refractivity contribution < 1.29 is 13.2 Å². The van der Waals surface area contributed by atoms with Gasteiger partial charge in [0.05, 0.1) is 15.6 Å². The Labute approximate surface area is 210 Å². The number of carbonyl (C=O) groups is 1. The zero-order valence-electron chi connectivity index (χ0n) is 20.4. The highest BCUT2D eigenvalue weighted by atomic mass is 32.2. The van der Waals surface area contributed by atoms with Crippen LogP contribution in [0, 0.1) is 0 Å². The average Bonchev–Trinajstić information content (AvgIpc) is 3.29. The summed E-state index contributed by atoms with van der Waals surface area (Å²) in [6.45, 7) is 6.89. The number of amides is 1. The van der Waals surface area contributed by atoms with Crippen molar-refractivity contribution in [1.82, 2.24) is 4.90 Å². The highest BCUT2D eigenvalue weighted by Gasteiger charge is 2.48. The van der Waals surface area contributed by atoms with Crippen LogP contribution in [0.2, 0.25) is 0 Å². The van der Waals surface area contributed by atoms with Crippen molar-refractivity contribution in [2.45, 2.75) is 48.8 Å². The minimum Gasteiger partial charge on any atom is -0.399 e. The Morgan fingerprint density at radius 1 is 1.03 bits per heavy atom. The predicted molar refractivity (Wildman–Crippen MR) is 142 cm³/mol. The first kappa shape index (κ1) is 24.9. The van der Waals surface area contributed by atoms with Gasteiger partial charge in [0.15, 0.2) is 15.8 Å². The second kappa shape index (κ2) is 8.49. The third kappa shape index (κ3) is 4.23. The number of nitrogens with two attached hydrogens (primary N) is 2. The number of aliphatic imine (C=N–C) groups is 1. The lowest BCUT2D eigenvalue weighted by Crippen LogP contribution is -2.52. The number of thiophene rings is 1. The average molecular weight is 511 g/mol. The van der Waals surface area contributed by atoms with Gasteiger partial charge in [0, 0.05) is 17.6 Å². The van der Waals surface area contributed by atoms with E-state index in [1.54, 1.807) is 52.1 Å². The molecule has 35 heavy (non-hydrogen) atoms. The quantitative estimate of drug-likeness (QED) is 0.506. The van der Waals surface area contributed by atoms with Gasteiger partial charge in [0.25, 0.3) is 0 Å². The van der Waals surface area contributed by atoms with Gasteiger partial charge in [-0.3, -0.25) is 9.69 Å². The summed E-state index contributed by atoms with van der Waals surface area (Å²) >= 11 is 1.50. The monoisotopic (exact) mass is 510 g/mol. The Bertz CT molecular complexity index is 1420. The molecule has 1 aliphatic rings. The Kier molecular flexibility index (Phi) is 6.05. The van der Waals surface area contributed by atoms with Crippen LogP contribution in [0.15, 0.2) is 69.9 Å². The van der Waals surface area contributed by atoms with Crippen LogP contribution in [-0.4, -0.2) is 37.0 Å². The van der Waals surface area contributed by atoms with E-state index in [4.69, 9.17) is 16.5 Å². The van der Waals surface area contributed by atoms with Gasteiger partial charge >= 0.3 is 0 Å². The molecule has 0 bridgehead atoms. The molecule has 2 aromatic carbocycles. The van der Waals surface area contributed by atoms with E-state index in [0.29, 0.717) is 11.3 Å². The third-order valence-electron chi connectivity index (χ3n) is 6.48. The van der Waals surface area contributed by atoms with Crippen molar-refractivity contribution in [3.63, 3.8) is 0 Å². The molecule has 1 aromatic heterocycles. The molecule has 0 fully saturated rings. The second-order valence-corrected chi connectivity index (χ2v) is 13.6. The molecule has 1 amide bonds. The standard InChI is InChI=1S/C26H30N4O3S2/c1-25(2,3)35(32,33)20-11-9-16(10-12-20)22-23(31)30(5)24(28)29-26(22,4)21-14-18(15-34-21)17-7-6-8-19(27)13-17/h6-15,22H,27H2,1-5H3,(H2,28,29)/t22-,26+/m0/s1. The molecule has 9 heteroatoms. The lowest BCUT2D eigenvalue weighted by Gasteiger charge is -2.40. The molecule has 1 aliphatic heterocycles. The molecule has 184 valence electrons. The molecule has 4 rings (SSSR count). The van der Waals surface area contributed by atoms with Gasteiger partial charge in [0.1, 0.15) is 5.54 Å². The van der Waals surface area contributed by atoms with Gasteiger partial charge in [-0.1, -0.05) is 24.3 Å². The highest BCUT2D eigenvalue weighted by molar-refractivity contribution is 7.92. The molecule has 7 nitrogen and oxygen atoms in total. The van der Waals surface area contributed by atoms with Gasteiger partial charge in [-0.25, -0.2) is 13.4 Å². The Morgan fingerprint density at radius 3 is 2.29 bits per heavy atom. The zero-order valence-corrected chi connectivity index (χ0v) is 22.1. The molecule has 3 aromatic rings. The fourth-order valence-electron chi connectivity index (χ4n) is 4.25. The van der Waals surface area contributed by atoms with Crippen LogP contribution in [0.3, 0.4) is 0 Å². The number of carbonyl (C=O) groups excluding carboxylic acids is 1. The molecule has 0 saturated heterocycles. The highest BCUT2D eigenvalue weighted by Crippen LogP contribution is 2.47. The number of hydrogen-bond donors (Lipinski definition) is 2. The van der Waals surface area contributed by atoms with E-state index >= 15 is 0 Å². The van der Waals surface area contributed by atoms with Crippen molar-refractivity contribution in [1.29, 1.82) is 0 Å².